The van der Waals surface area contributed by atoms with E-state index in [4.69, 9.17) is 9.15 Å². The molecular weight excluding hydrogens is 290 g/mol. The lowest BCUT2D eigenvalue weighted by Gasteiger charge is -2.46. The second-order valence-electron chi connectivity index (χ2n) is 6.48. The van der Waals surface area contributed by atoms with E-state index in [-0.39, 0.29) is 12.1 Å². The van der Waals surface area contributed by atoms with Gasteiger partial charge < -0.3 is 14.5 Å². The molecule has 0 amide bonds. The minimum atomic E-state index is 0.263. The molecule has 2 aliphatic rings. The molecule has 3 atom stereocenters. The van der Waals surface area contributed by atoms with Gasteiger partial charge >= 0.3 is 0 Å². The Kier molecular flexibility index (Phi) is 4.30. The molecule has 23 heavy (non-hydrogen) atoms. The number of furan rings is 1. The summed E-state index contributed by atoms with van der Waals surface area (Å²) in [6.45, 7) is 3.75. The van der Waals surface area contributed by atoms with E-state index >= 15 is 0 Å². The summed E-state index contributed by atoms with van der Waals surface area (Å²) in [6, 6.07) is 10.2. The van der Waals surface area contributed by atoms with Crippen LogP contribution >= 0.6 is 0 Å². The molecule has 5 heteroatoms. The Morgan fingerprint density at radius 1 is 1.22 bits per heavy atom. The Balaban J connectivity index is 1.49. The summed E-state index contributed by atoms with van der Waals surface area (Å²) < 4.78 is 11.6. The molecule has 0 spiro atoms. The summed E-state index contributed by atoms with van der Waals surface area (Å²) in [6.07, 6.45) is 6.24. The number of likely N-dealkylation sites (tertiary alicyclic amines) is 1. The third-order valence-electron chi connectivity index (χ3n) is 4.80. The Morgan fingerprint density at radius 2 is 2.22 bits per heavy atom. The van der Waals surface area contributed by atoms with Gasteiger partial charge in [0.2, 0.25) is 0 Å². The van der Waals surface area contributed by atoms with Gasteiger partial charge in [0, 0.05) is 25.9 Å². The smallest absolute Gasteiger partial charge is 0.126 e. The maximum absolute atomic E-state index is 6.11. The molecule has 2 aromatic heterocycles. The van der Waals surface area contributed by atoms with E-state index in [0.29, 0.717) is 5.92 Å². The molecule has 2 fully saturated rings. The average molecular weight is 313 g/mol. The van der Waals surface area contributed by atoms with Crippen molar-refractivity contribution >= 4 is 5.82 Å². The Morgan fingerprint density at radius 3 is 3.04 bits per heavy atom. The first-order valence-corrected chi connectivity index (χ1v) is 8.42. The highest BCUT2D eigenvalue weighted by molar-refractivity contribution is 5.35. The van der Waals surface area contributed by atoms with Gasteiger partial charge in [-0.3, -0.25) is 4.90 Å². The summed E-state index contributed by atoms with van der Waals surface area (Å²) in [7, 11) is 0. The number of nitrogens with zero attached hydrogens (tertiary/aromatic N) is 2. The lowest BCUT2D eigenvalue weighted by Crippen LogP contribution is -2.57. The van der Waals surface area contributed by atoms with Crippen molar-refractivity contribution in [2.75, 3.05) is 25.0 Å². The number of aromatic nitrogens is 1. The van der Waals surface area contributed by atoms with Gasteiger partial charge in [-0.15, -0.1) is 0 Å². The van der Waals surface area contributed by atoms with E-state index in [1.165, 1.54) is 6.42 Å². The molecule has 0 unspecified atom stereocenters. The fourth-order valence-corrected chi connectivity index (χ4v) is 3.81. The van der Waals surface area contributed by atoms with Crippen LogP contribution in [0.5, 0.6) is 0 Å². The van der Waals surface area contributed by atoms with Crippen molar-refractivity contribution in [1.29, 1.82) is 0 Å². The first-order chi connectivity index (χ1) is 11.4. The molecule has 0 aliphatic carbocycles. The van der Waals surface area contributed by atoms with Crippen LogP contribution in [0.4, 0.5) is 5.82 Å². The van der Waals surface area contributed by atoms with Crippen molar-refractivity contribution in [3.05, 3.63) is 48.6 Å². The van der Waals surface area contributed by atoms with Gasteiger partial charge in [-0.25, -0.2) is 4.98 Å². The number of fused-ring (bicyclic) bond motifs is 1. The van der Waals surface area contributed by atoms with Crippen molar-refractivity contribution in [3.63, 3.8) is 0 Å². The normalized spacial score (nSPS) is 28.3. The van der Waals surface area contributed by atoms with Crippen LogP contribution in [0.1, 0.15) is 18.6 Å². The van der Waals surface area contributed by atoms with E-state index in [2.05, 4.69) is 15.2 Å². The first-order valence-electron chi connectivity index (χ1n) is 8.42. The van der Waals surface area contributed by atoms with Gasteiger partial charge in [0.15, 0.2) is 0 Å². The highest BCUT2D eigenvalue weighted by atomic mass is 16.5. The van der Waals surface area contributed by atoms with Crippen molar-refractivity contribution in [2.45, 2.75) is 31.5 Å². The number of piperidine rings is 1. The molecule has 5 nitrogen and oxygen atoms in total. The van der Waals surface area contributed by atoms with Crippen LogP contribution in [0.2, 0.25) is 0 Å². The van der Waals surface area contributed by atoms with Gasteiger partial charge in [0.05, 0.1) is 25.0 Å². The van der Waals surface area contributed by atoms with Crippen molar-refractivity contribution in [2.24, 2.45) is 5.92 Å². The topological polar surface area (TPSA) is 50.5 Å². The van der Waals surface area contributed by atoms with Crippen LogP contribution in [0.25, 0.3) is 0 Å². The fourth-order valence-electron chi connectivity index (χ4n) is 3.81. The molecule has 4 rings (SSSR count). The van der Waals surface area contributed by atoms with E-state index in [1.54, 1.807) is 6.26 Å². The summed E-state index contributed by atoms with van der Waals surface area (Å²) in [4.78, 5) is 6.88. The second kappa shape index (κ2) is 6.72. The average Bonchev–Trinajstić information content (AvgIpc) is 3.09. The van der Waals surface area contributed by atoms with Gasteiger partial charge in [-0.05, 0) is 43.0 Å². The molecule has 4 heterocycles. The maximum Gasteiger partial charge on any atom is 0.126 e. The summed E-state index contributed by atoms with van der Waals surface area (Å²) in [5.41, 5.74) is 0. The zero-order valence-electron chi connectivity index (χ0n) is 13.2. The molecule has 0 saturated carbocycles. The van der Waals surface area contributed by atoms with Crippen LogP contribution in [0, 0.1) is 5.92 Å². The van der Waals surface area contributed by atoms with Crippen LogP contribution in [0.15, 0.2) is 47.2 Å². The molecule has 2 aliphatic heterocycles. The minimum absolute atomic E-state index is 0.263. The molecule has 122 valence electrons. The number of nitrogens with one attached hydrogen (secondary N) is 1. The summed E-state index contributed by atoms with van der Waals surface area (Å²) in [5.74, 6) is 2.52. The fraction of sp³-hybridized carbons (Fsp3) is 0.500. The third kappa shape index (κ3) is 3.41. The molecule has 1 N–H and O–H groups in total. The van der Waals surface area contributed by atoms with Crippen molar-refractivity contribution in [3.8, 4) is 0 Å². The third-order valence-corrected chi connectivity index (χ3v) is 4.80. The largest absolute Gasteiger partial charge is 0.468 e. The Hall–Kier alpha value is -1.85. The molecule has 0 bridgehead atoms. The highest BCUT2D eigenvalue weighted by Crippen LogP contribution is 2.30. The standard InChI is InChI=1S/C18H23N3O2/c1-2-8-19-17(7-1)20-16-13-21(12-15-6-4-9-22-15)11-14-5-3-10-23-18(14)16/h1-2,4,6-9,14,16,18H,3,5,10-13H2,(H,19,20)/t14-,16+,18-/m0/s1. The van der Waals surface area contributed by atoms with E-state index in [1.807, 2.05) is 36.5 Å². The van der Waals surface area contributed by atoms with Crippen LogP contribution in [0.3, 0.4) is 0 Å². The Labute approximate surface area is 136 Å². The predicted octanol–water partition coefficient (Wildman–Crippen LogP) is 2.77. The van der Waals surface area contributed by atoms with Gasteiger partial charge in [0.25, 0.3) is 0 Å². The summed E-state index contributed by atoms with van der Waals surface area (Å²) in [5, 5.41) is 3.58. The van der Waals surface area contributed by atoms with E-state index in [9.17, 15) is 0 Å². The number of pyridine rings is 1. The van der Waals surface area contributed by atoms with Crippen LogP contribution in [-0.2, 0) is 11.3 Å². The van der Waals surface area contributed by atoms with Crippen LogP contribution in [-0.4, -0.2) is 41.7 Å². The van der Waals surface area contributed by atoms with Crippen LogP contribution < -0.4 is 5.32 Å². The van der Waals surface area contributed by atoms with Gasteiger partial charge in [0.1, 0.15) is 11.6 Å². The van der Waals surface area contributed by atoms with Gasteiger partial charge in [-0.1, -0.05) is 6.07 Å². The molecule has 0 aromatic carbocycles. The molecule has 0 radical (unpaired) electrons. The molecular formula is C18H23N3O2. The first kappa shape index (κ1) is 14.7. The number of ether oxygens (including phenoxy) is 1. The molecule has 2 aromatic rings. The lowest BCUT2D eigenvalue weighted by atomic mass is 9.85. The number of hydrogen-bond donors (Lipinski definition) is 1. The zero-order chi connectivity index (χ0) is 15.5. The Bertz CT molecular complexity index is 602. The molecule has 2 saturated heterocycles. The number of anilines is 1. The van der Waals surface area contributed by atoms with Gasteiger partial charge in [-0.2, -0.15) is 0 Å². The predicted molar refractivity (Wildman–Crippen MR) is 88.1 cm³/mol. The highest BCUT2D eigenvalue weighted by Gasteiger charge is 2.39. The van der Waals surface area contributed by atoms with E-state index in [0.717, 1.165) is 44.2 Å². The van der Waals surface area contributed by atoms with Crippen molar-refractivity contribution < 1.29 is 9.15 Å². The minimum Gasteiger partial charge on any atom is -0.468 e. The lowest BCUT2D eigenvalue weighted by molar-refractivity contribution is -0.0755. The second-order valence-corrected chi connectivity index (χ2v) is 6.48. The zero-order valence-corrected chi connectivity index (χ0v) is 13.2. The SMILES string of the molecule is c1ccc(N[C@@H]2CN(Cc3ccco3)C[C@@H]3CCCO[C@@H]32)nc1. The summed E-state index contributed by atoms with van der Waals surface area (Å²) >= 11 is 0. The van der Waals surface area contributed by atoms with Crippen molar-refractivity contribution in [1.82, 2.24) is 9.88 Å². The van der Waals surface area contributed by atoms with E-state index < -0.39 is 0 Å². The number of hydrogen-bond acceptors (Lipinski definition) is 5. The maximum atomic E-state index is 6.11. The monoisotopic (exact) mass is 313 g/mol. The number of rotatable bonds is 4. The quantitative estimate of drug-likeness (QED) is 0.940.